The molecule has 0 saturated heterocycles. The summed E-state index contributed by atoms with van der Waals surface area (Å²) in [6.07, 6.45) is 9.94. The highest BCUT2D eigenvalue weighted by Crippen LogP contribution is 2.52. The molecule has 2 bridgehead atoms. The molecule has 0 amide bonds. The van der Waals surface area contributed by atoms with Gasteiger partial charge in [-0.2, -0.15) is 0 Å². The van der Waals surface area contributed by atoms with Gasteiger partial charge in [0.05, 0.1) is 6.10 Å². The number of allylic oxidation sites excluding steroid dienone is 3. The van der Waals surface area contributed by atoms with Crippen LogP contribution in [0.2, 0.25) is 0 Å². The Bertz CT molecular complexity index is 241. The van der Waals surface area contributed by atoms with E-state index in [0.717, 1.165) is 5.92 Å². The lowest BCUT2D eigenvalue weighted by Crippen LogP contribution is -2.23. The smallest absolute Gasteiger partial charge is 0.0760 e. The summed E-state index contributed by atoms with van der Waals surface area (Å²) in [5.74, 6) is 2.62. The molecule has 3 aliphatic carbocycles. The van der Waals surface area contributed by atoms with Gasteiger partial charge in [0.25, 0.3) is 0 Å². The Morgan fingerprint density at radius 3 is 2.64 bits per heavy atom. The van der Waals surface area contributed by atoms with Gasteiger partial charge in [-0.1, -0.05) is 24.3 Å². The molecule has 58 valence electrons. The van der Waals surface area contributed by atoms with Crippen LogP contribution in [-0.2, 0) is 0 Å². The zero-order valence-corrected chi connectivity index (χ0v) is 6.35. The van der Waals surface area contributed by atoms with E-state index in [2.05, 4.69) is 18.2 Å². The van der Waals surface area contributed by atoms with Gasteiger partial charge < -0.3 is 5.11 Å². The summed E-state index contributed by atoms with van der Waals surface area (Å²) < 4.78 is 0. The van der Waals surface area contributed by atoms with Gasteiger partial charge in [-0.15, -0.1) is 0 Å². The fourth-order valence-corrected chi connectivity index (χ4v) is 3.02. The molecule has 5 atom stereocenters. The van der Waals surface area contributed by atoms with E-state index in [0.29, 0.717) is 17.8 Å². The second-order valence-corrected chi connectivity index (χ2v) is 3.98. The first-order valence-corrected chi connectivity index (χ1v) is 4.41. The lowest BCUT2D eigenvalue weighted by atomic mass is 9.84. The third kappa shape index (κ3) is 0.603. The van der Waals surface area contributed by atoms with E-state index >= 15 is 0 Å². The summed E-state index contributed by atoms with van der Waals surface area (Å²) in [5, 5.41) is 9.60. The number of aliphatic hydroxyl groups excluding tert-OH is 1. The Morgan fingerprint density at radius 1 is 1.00 bits per heavy atom. The quantitative estimate of drug-likeness (QED) is 0.514. The van der Waals surface area contributed by atoms with Gasteiger partial charge in [-0.3, -0.25) is 0 Å². The molecule has 0 aliphatic heterocycles. The molecule has 4 unspecified atom stereocenters. The average Bonchev–Trinajstić information content (AvgIpc) is 2.60. The average molecular weight is 148 g/mol. The zero-order valence-electron chi connectivity index (χ0n) is 6.35. The number of aliphatic hydroxyl groups is 1. The summed E-state index contributed by atoms with van der Waals surface area (Å²) in [5.41, 5.74) is 0. The van der Waals surface area contributed by atoms with Crippen molar-refractivity contribution in [1.29, 1.82) is 0 Å². The molecule has 1 fully saturated rings. The Morgan fingerprint density at radius 2 is 1.82 bits per heavy atom. The van der Waals surface area contributed by atoms with Crippen LogP contribution in [-0.4, -0.2) is 11.2 Å². The van der Waals surface area contributed by atoms with Crippen molar-refractivity contribution >= 4 is 0 Å². The van der Waals surface area contributed by atoms with Crippen LogP contribution in [0.3, 0.4) is 0 Å². The molecule has 3 aliphatic rings. The van der Waals surface area contributed by atoms with Gasteiger partial charge in [0.15, 0.2) is 0 Å². The van der Waals surface area contributed by atoms with Crippen molar-refractivity contribution in [1.82, 2.24) is 0 Å². The van der Waals surface area contributed by atoms with E-state index in [1.54, 1.807) is 0 Å². The topological polar surface area (TPSA) is 20.2 Å². The monoisotopic (exact) mass is 148 g/mol. The Hall–Kier alpha value is -0.560. The molecule has 1 nitrogen and oxygen atoms in total. The van der Waals surface area contributed by atoms with Crippen LogP contribution in [0.15, 0.2) is 24.3 Å². The maximum Gasteiger partial charge on any atom is 0.0760 e. The zero-order chi connectivity index (χ0) is 7.42. The number of fused-ring (bicyclic) bond motifs is 5. The van der Waals surface area contributed by atoms with Crippen molar-refractivity contribution in [2.45, 2.75) is 12.5 Å². The standard InChI is InChI=1S/C10H12O/c11-9-4-3-8-6-1-2-7(5-6)10(8)9/h1-4,6-11H,5H2/t6?,7?,8?,9-,10?/m0/s1. The van der Waals surface area contributed by atoms with E-state index in [9.17, 15) is 5.11 Å². The van der Waals surface area contributed by atoms with Crippen molar-refractivity contribution in [2.75, 3.05) is 0 Å². The number of rotatable bonds is 0. The molecule has 0 radical (unpaired) electrons. The van der Waals surface area contributed by atoms with Crippen LogP contribution in [0.25, 0.3) is 0 Å². The van der Waals surface area contributed by atoms with Crippen LogP contribution >= 0.6 is 0 Å². The highest BCUT2D eigenvalue weighted by molar-refractivity contribution is 5.24. The molecule has 0 spiro atoms. The lowest BCUT2D eigenvalue weighted by molar-refractivity contribution is 0.132. The van der Waals surface area contributed by atoms with Crippen LogP contribution in [0.1, 0.15) is 6.42 Å². The molecule has 0 aromatic rings. The van der Waals surface area contributed by atoms with E-state index in [4.69, 9.17) is 0 Å². The van der Waals surface area contributed by atoms with Crippen molar-refractivity contribution in [2.24, 2.45) is 23.7 Å². The first-order valence-electron chi connectivity index (χ1n) is 4.41. The van der Waals surface area contributed by atoms with Gasteiger partial charge in [0.2, 0.25) is 0 Å². The molecule has 1 N–H and O–H groups in total. The van der Waals surface area contributed by atoms with E-state index in [-0.39, 0.29) is 6.10 Å². The Labute approximate surface area is 66.4 Å². The molecular formula is C10H12O. The van der Waals surface area contributed by atoms with Crippen LogP contribution < -0.4 is 0 Å². The van der Waals surface area contributed by atoms with Crippen molar-refractivity contribution in [3.05, 3.63) is 24.3 Å². The Balaban J connectivity index is 2.02. The largest absolute Gasteiger partial charge is 0.389 e. The van der Waals surface area contributed by atoms with E-state index in [1.165, 1.54) is 6.42 Å². The molecule has 0 heterocycles. The van der Waals surface area contributed by atoms with Crippen LogP contribution in [0.5, 0.6) is 0 Å². The molecule has 0 aromatic carbocycles. The van der Waals surface area contributed by atoms with Crippen molar-refractivity contribution in [3.8, 4) is 0 Å². The van der Waals surface area contributed by atoms with Crippen LogP contribution in [0, 0.1) is 23.7 Å². The first kappa shape index (κ1) is 6.01. The van der Waals surface area contributed by atoms with Gasteiger partial charge in [-0.25, -0.2) is 0 Å². The summed E-state index contributed by atoms with van der Waals surface area (Å²) in [6, 6.07) is 0. The molecule has 1 saturated carbocycles. The Kier molecular flexibility index (Phi) is 0.972. The summed E-state index contributed by atoms with van der Waals surface area (Å²) >= 11 is 0. The van der Waals surface area contributed by atoms with E-state index in [1.807, 2.05) is 6.08 Å². The first-order chi connectivity index (χ1) is 5.36. The molecular weight excluding hydrogens is 136 g/mol. The van der Waals surface area contributed by atoms with Gasteiger partial charge in [0, 0.05) is 5.92 Å². The fourth-order valence-electron chi connectivity index (χ4n) is 3.02. The molecule has 11 heavy (non-hydrogen) atoms. The molecule has 1 heteroatoms. The number of hydrogen-bond acceptors (Lipinski definition) is 1. The third-order valence-corrected chi connectivity index (χ3v) is 3.51. The SMILES string of the molecule is O[C@H]1C=CC2C3C=CC(C3)C21. The maximum atomic E-state index is 9.60. The van der Waals surface area contributed by atoms with Crippen LogP contribution in [0.4, 0.5) is 0 Å². The number of hydrogen-bond donors (Lipinski definition) is 1. The predicted molar refractivity (Wildman–Crippen MR) is 42.9 cm³/mol. The van der Waals surface area contributed by atoms with Crippen molar-refractivity contribution in [3.63, 3.8) is 0 Å². The highest BCUT2D eigenvalue weighted by atomic mass is 16.3. The summed E-state index contributed by atoms with van der Waals surface area (Å²) in [6.45, 7) is 0. The minimum atomic E-state index is -0.153. The summed E-state index contributed by atoms with van der Waals surface area (Å²) in [7, 11) is 0. The minimum Gasteiger partial charge on any atom is -0.389 e. The lowest BCUT2D eigenvalue weighted by Gasteiger charge is -2.22. The fraction of sp³-hybridized carbons (Fsp3) is 0.600. The normalized spacial score (nSPS) is 57.4. The third-order valence-electron chi connectivity index (χ3n) is 3.51. The van der Waals surface area contributed by atoms with Gasteiger partial charge in [-0.05, 0) is 24.2 Å². The van der Waals surface area contributed by atoms with Gasteiger partial charge >= 0.3 is 0 Å². The second kappa shape index (κ2) is 1.78. The highest BCUT2D eigenvalue weighted by Gasteiger charge is 2.48. The minimum absolute atomic E-state index is 0.153. The van der Waals surface area contributed by atoms with Gasteiger partial charge in [0.1, 0.15) is 0 Å². The predicted octanol–water partition coefficient (Wildman–Crippen LogP) is 1.36. The maximum absolute atomic E-state index is 9.60. The second-order valence-electron chi connectivity index (χ2n) is 3.98. The molecule has 0 aromatic heterocycles. The van der Waals surface area contributed by atoms with Crippen molar-refractivity contribution < 1.29 is 5.11 Å². The summed E-state index contributed by atoms with van der Waals surface area (Å²) in [4.78, 5) is 0. The van der Waals surface area contributed by atoms with E-state index < -0.39 is 0 Å². The molecule has 3 rings (SSSR count).